The standard InChI is InChI=1S/C9H14N4S/c10-8-9(12-4-3-11-8)13-7-2-1-5-14-6-7/h3-4,7H,1-2,5-6H2,(H2,10,11)(H,12,13). The van der Waals surface area contributed by atoms with Crippen LogP contribution in [0, 0.1) is 0 Å². The Balaban J connectivity index is 1.99. The molecule has 1 atom stereocenters. The van der Waals surface area contributed by atoms with Gasteiger partial charge < -0.3 is 11.1 Å². The quantitative estimate of drug-likeness (QED) is 0.771. The number of anilines is 2. The second-order valence-corrected chi connectivity index (χ2v) is 4.50. The van der Waals surface area contributed by atoms with Crippen molar-refractivity contribution < 1.29 is 0 Å². The third-order valence-electron chi connectivity index (χ3n) is 2.23. The lowest BCUT2D eigenvalue weighted by Crippen LogP contribution is -2.26. The van der Waals surface area contributed by atoms with Gasteiger partial charge in [0.15, 0.2) is 11.6 Å². The van der Waals surface area contributed by atoms with E-state index in [1.807, 2.05) is 11.8 Å². The van der Waals surface area contributed by atoms with Crippen molar-refractivity contribution in [2.75, 3.05) is 22.6 Å². The summed E-state index contributed by atoms with van der Waals surface area (Å²) in [5.74, 6) is 3.62. The van der Waals surface area contributed by atoms with E-state index in [-0.39, 0.29) is 0 Å². The molecule has 1 aliphatic rings. The fraction of sp³-hybridized carbons (Fsp3) is 0.556. The number of hydrogen-bond donors (Lipinski definition) is 2. The summed E-state index contributed by atoms with van der Waals surface area (Å²) in [7, 11) is 0. The SMILES string of the molecule is Nc1nccnc1NC1CCCSC1. The van der Waals surface area contributed by atoms with Gasteiger partial charge in [-0.1, -0.05) is 0 Å². The molecule has 14 heavy (non-hydrogen) atoms. The van der Waals surface area contributed by atoms with Crippen LogP contribution in [0.3, 0.4) is 0 Å². The highest BCUT2D eigenvalue weighted by molar-refractivity contribution is 7.99. The Morgan fingerprint density at radius 3 is 3.00 bits per heavy atom. The van der Waals surface area contributed by atoms with Gasteiger partial charge in [-0.2, -0.15) is 11.8 Å². The summed E-state index contributed by atoms with van der Waals surface area (Å²) in [5.41, 5.74) is 5.69. The monoisotopic (exact) mass is 210 g/mol. The minimum atomic E-state index is 0.489. The number of aromatic nitrogens is 2. The second kappa shape index (κ2) is 4.50. The van der Waals surface area contributed by atoms with Crippen molar-refractivity contribution in [1.82, 2.24) is 9.97 Å². The largest absolute Gasteiger partial charge is 0.381 e. The lowest BCUT2D eigenvalue weighted by atomic mass is 10.2. The Kier molecular flexibility index (Phi) is 3.08. The molecule has 2 rings (SSSR count). The maximum Gasteiger partial charge on any atom is 0.169 e. The molecule has 1 fully saturated rings. The van der Waals surface area contributed by atoms with Gasteiger partial charge in [-0.15, -0.1) is 0 Å². The van der Waals surface area contributed by atoms with Gasteiger partial charge in [-0.3, -0.25) is 0 Å². The highest BCUT2D eigenvalue weighted by Crippen LogP contribution is 2.21. The van der Waals surface area contributed by atoms with Crippen LogP contribution >= 0.6 is 11.8 Å². The smallest absolute Gasteiger partial charge is 0.169 e. The molecule has 1 aliphatic heterocycles. The molecule has 0 aliphatic carbocycles. The van der Waals surface area contributed by atoms with Gasteiger partial charge in [-0.05, 0) is 18.6 Å². The van der Waals surface area contributed by atoms with Gasteiger partial charge in [0.2, 0.25) is 0 Å². The zero-order valence-corrected chi connectivity index (χ0v) is 8.76. The number of rotatable bonds is 2. The van der Waals surface area contributed by atoms with Crippen LogP contribution in [0.4, 0.5) is 11.6 Å². The second-order valence-electron chi connectivity index (χ2n) is 3.35. The lowest BCUT2D eigenvalue weighted by molar-refractivity contribution is 0.682. The summed E-state index contributed by atoms with van der Waals surface area (Å²) < 4.78 is 0. The van der Waals surface area contributed by atoms with E-state index in [1.54, 1.807) is 12.4 Å². The summed E-state index contributed by atoms with van der Waals surface area (Å²) in [6.07, 6.45) is 5.73. The minimum absolute atomic E-state index is 0.489. The molecule has 3 N–H and O–H groups in total. The Hall–Kier alpha value is -0.970. The fourth-order valence-electron chi connectivity index (χ4n) is 1.51. The van der Waals surface area contributed by atoms with E-state index in [0.717, 1.165) is 11.6 Å². The number of nitrogens with zero attached hydrogens (tertiary/aromatic N) is 2. The van der Waals surface area contributed by atoms with Crippen LogP contribution in [-0.4, -0.2) is 27.5 Å². The van der Waals surface area contributed by atoms with Crippen LogP contribution in [0.1, 0.15) is 12.8 Å². The number of nitrogens with two attached hydrogens (primary N) is 1. The topological polar surface area (TPSA) is 63.8 Å². The highest BCUT2D eigenvalue weighted by atomic mass is 32.2. The molecule has 0 saturated carbocycles. The zero-order valence-electron chi connectivity index (χ0n) is 7.94. The maximum absolute atomic E-state index is 5.69. The molecule has 0 radical (unpaired) electrons. The predicted octanol–water partition coefficient (Wildman–Crippen LogP) is 1.37. The molecule has 2 heterocycles. The van der Waals surface area contributed by atoms with E-state index < -0.39 is 0 Å². The van der Waals surface area contributed by atoms with Gasteiger partial charge >= 0.3 is 0 Å². The Morgan fingerprint density at radius 1 is 1.43 bits per heavy atom. The van der Waals surface area contributed by atoms with Crippen molar-refractivity contribution in [1.29, 1.82) is 0 Å². The molecule has 0 amide bonds. The van der Waals surface area contributed by atoms with E-state index in [2.05, 4.69) is 15.3 Å². The van der Waals surface area contributed by atoms with Crippen molar-refractivity contribution in [3.8, 4) is 0 Å². The first-order valence-corrected chi connectivity index (χ1v) is 5.92. The average Bonchev–Trinajstić information content (AvgIpc) is 2.23. The minimum Gasteiger partial charge on any atom is -0.381 e. The van der Waals surface area contributed by atoms with Gasteiger partial charge in [0.1, 0.15) is 0 Å². The van der Waals surface area contributed by atoms with Crippen LogP contribution in [0.15, 0.2) is 12.4 Å². The van der Waals surface area contributed by atoms with Crippen LogP contribution in [0.25, 0.3) is 0 Å². The van der Waals surface area contributed by atoms with Gasteiger partial charge in [0, 0.05) is 24.2 Å². The number of thioether (sulfide) groups is 1. The molecule has 0 aromatic carbocycles. The van der Waals surface area contributed by atoms with Crippen LogP contribution in [0.5, 0.6) is 0 Å². The van der Waals surface area contributed by atoms with E-state index >= 15 is 0 Å². The van der Waals surface area contributed by atoms with Crippen molar-refractivity contribution in [3.05, 3.63) is 12.4 Å². The van der Waals surface area contributed by atoms with E-state index in [0.29, 0.717) is 11.9 Å². The molecule has 1 unspecified atom stereocenters. The van der Waals surface area contributed by atoms with Crippen molar-refractivity contribution in [2.45, 2.75) is 18.9 Å². The molecular weight excluding hydrogens is 196 g/mol. The van der Waals surface area contributed by atoms with E-state index in [1.165, 1.54) is 18.6 Å². The van der Waals surface area contributed by atoms with E-state index in [4.69, 9.17) is 5.73 Å². The summed E-state index contributed by atoms with van der Waals surface area (Å²) in [6.45, 7) is 0. The van der Waals surface area contributed by atoms with Gasteiger partial charge in [-0.25, -0.2) is 9.97 Å². The molecule has 1 aromatic rings. The first-order valence-electron chi connectivity index (χ1n) is 4.77. The van der Waals surface area contributed by atoms with Crippen molar-refractivity contribution in [3.63, 3.8) is 0 Å². The highest BCUT2D eigenvalue weighted by Gasteiger charge is 2.14. The molecule has 5 heteroatoms. The summed E-state index contributed by atoms with van der Waals surface area (Å²) in [6, 6.07) is 0.493. The maximum atomic E-state index is 5.69. The summed E-state index contributed by atoms with van der Waals surface area (Å²) in [5, 5.41) is 3.33. The Morgan fingerprint density at radius 2 is 2.29 bits per heavy atom. The molecule has 0 spiro atoms. The zero-order chi connectivity index (χ0) is 9.80. The number of nitrogens with one attached hydrogen (secondary N) is 1. The molecule has 1 saturated heterocycles. The third kappa shape index (κ3) is 2.29. The lowest BCUT2D eigenvalue weighted by Gasteiger charge is -2.23. The third-order valence-corrected chi connectivity index (χ3v) is 3.44. The Bertz CT molecular complexity index is 299. The summed E-state index contributed by atoms with van der Waals surface area (Å²) in [4.78, 5) is 8.16. The van der Waals surface area contributed by atoms with Crippen molar-refractivity contribution in [2.24, 2.45) is 0 Å². The van der Waals surface area contributed by atoms with E-state index in [9.17, 15) is 0 Å². The van der Waals surface area contributed by atoms with Crippen LogP contribution in [-0.2, 0) is 0 Å². The van der Waals surface area contributed by atoms with Gasteiger partial charge in [0.05, 0.1) is 0 Å². The predicted molar refractivity (Wildman–Crippen MR) is 60.4 cm³/mol. The molecular formula is C9H14N4S. The molecule has 1 aromatic heterocycles. The number of hydrogen-bond acceptors (Lipinski definition) is 5. The molecule has 4 nitrogen and oxygen atoms in total. The van der Waals surface area contributed by atoms with Gasteiger partial charge in [0.25, 0.3) is 0 Å². The summed E-state index contributed by atoms with van der Waals surface area (Å²) >= 11 is 1.98. The van der Waals surface area contributed by atoms with Crippen molar-refractivity contribution >= 4 is 23.4 Å². The molecule has 0 bridgehead atoms. The normalized spacial score (nSPS) is 21.9. The fourth-order valence-corrected chi connectivity index (χ4v) is 2.58. The Labute approximate surface area is 87.7 Å². The van der Waals surface area contributed by atoms with Crippen LogP contribution in [0.2, 0.25) is 0 Å². The average molecular weight is 210 g/mol. The molecule has 76 valence electrons. The number of nitrogen functional groups attached to an aromatic ring is 1. The first-order chi connectivity index (χ1) is 6.86. The first kappa shape index (κ1) is 9.58. The van der Waals surface area contributed by atoms with Crippen LogP contribution < -0.4 is 11.1 Å².